The topological polar surface area (TPSA) is 70.7 Å². The number of benzene rings is 1. The van der Waals surface area contributed by atoms with Crippen LogP contribution in [-0.2, 0) is 11.3 Å². The molecule has 0 aromatic heterocycles. The fraction of sp³-hybridized carbons (Fsp3) is 0.429. The molecule has 1 aromatic carbocycles. The molecule has 0 heterocycles. The molecule has 0 unspecified atom stereocenters. The van der Waals surface area contributed by atoms with E-state index in [0.717, 1.165) is 5.56 Å². The molecule has 0 bridgehead atoms. The Hall–Kier alpha value is -2.08. The number of esters is 1. The Bertz CT molecular complexity index is 461. The maximum atomic E-state index is 11.6. The van der Waals surface area contributed by atoms with Crippen LogP contribution >= 0.6 is 0 Å². The Morgan fingerprint density at radius 2 is 1.90 bits per heavy atom. The highest BCUT2D eigenvalue weighted by molar-refractivity contribution is 5.90. The number of carbonyl (C=O) groups is 2. The molecular weight excluding hydrogens is 258 g/mol. The molecule has 0 fully saturated rings. The summed E-state index contributed by atoms with van der Waals surface area (Å²) < 4.78 is 4.73. The number of hydrogen-bond donors (Lipinski definition) is 2. The molecule has 1 aromatic rings. The Morgan fingerprint density at radius 1 is 1.20 bits per heavy atom. The SMILES string of the molecule is COC(=O)c1ccccc1CNCCNC(=O)N(C)C. The van der Waals surface area contributed by atoms with Crippen LogP contribution < -0.4 is 10.6 Å². The highest BCUT2D eigenvalue weighted by Crippen LogP contribution is 2.09. The van der Waals surface area contributed by atoms with Crippen molar-refractivity contribution >= 4 is 12.0 Å². The largest absolute Gasteiger partial charge is 0.465 e. The van der Waals surface area contributed by atoms with E-state index in [1.165, 1.54) is 12.0 Å². The quantitative estimate of drug-likeness (QED) is 0.598. The minimum Gasteiger partial charge on any atom is -0.465 e. The molecule has 6 heteroatoms. The molecule has 0 saturated carbocycles. The van der Waals surface area contributed by atoms with Gasteiger partial charge in [-0.2, -0.15) is 0 Å². The average molecular weight is 279 g/mol. The van der Waals surface area contributed by atoms with E-state index in [2.05, 4.69) is 10.6 Å². The Morgan fingerprint density at radius 3 is 2.55 bits per heavy atom. The highest BCUT2D eigenvalue weighted by Gasteiger charge is 2.10. The van der Waals surface area contributed by atoms with E-state index in [1.54, 1.807) is 26.2 Å². The molecule has 0 aliphatic carbocycles. The second-order valence-corrected chi connectivity index (χ2v) is 4.45. The van der Waals surface area contributed by atoms with Crippen molar-refractivity contribution in [3.05, 3.63) is 35.4 Å². The van der Waals surface area contributed by atoms with Gasteiger partial charge in [-0.1, -0.05) is 18.2 Å². The lowest BCUT2D eigenvalue weighted by Gasteiger charge is -2.12. The smallest absolute Gasteiger partial charge is 0.338 e. The third-order valence-electron chi connectivity index (χ3n) is 2.72. The second-order valence-electron chi connectivity index (χ2n) is 4.45. The first-order valence-corrected chi connectivity index (χ1v) is 6.38. The van der Waals surface area contributed by atoms with Gasteiger partial charge in [-0.05, 0) is 11.6 Å². The molecule has 110 valence electrons. The summed E-state index contributed by atoms with van der Waals surface area (Å²) in [5, 5.41) is 5.92. The van der Waals surface area contributed by atoms with Gasteiger partial charge in [0.25, 0.3) is 0 Å². The Labute approximate surface area is 119 Å². The van der Waals surface area contributed by atoms with Crippen LogP contribution in [0.25, 0.3) is 0 Å². The van der Waals surface area contributed by atoms with Crippen molar-refractivity contribution < 1.29 is 14.3 Å². The van der Waals surface area contributed by atoms with E-state index < -0.39 is 0 Å². The molecule has 0 saturated heterocycles. The number of hydrogen-bond acceptors (Lipinski definition) is 4. The maximum Gasteiger partial charge on any atom is 0.338 e. The van der Waals surface area contributed by atoms with Crippen LogP contribution in [0.15, 0.2) is 24.3 Å². The molecular formula is C14H21N3O3. The summed E-state index contributed by atoms with van der Waals surface area (Å²) in [5.41, 5.74) is 1.43. The molecule has 0 aliphatic rings. The van der Waals surface area contributed by atoms with Crippen molar-refractivity contribution in [2.75, 3.05) is 34.3 Å². The molecule has 6 nitrogen and oxygen atoms in total. The van der Waals surface area contributed by atoms with Crippen LogP contribution in [0.3, 0.4) is 0 Å². The molecule has 0 radical (unpaired) electrons. The number of amides is 2. The lowest BCUT2D eigenvalue weighted by Crippen LogP contribution is -2.38. The summed E-state index contributed by atoms with van der Waals surface area (Å²) in [6.45, 7) is 1.69. The third-order valence-corrected chi connectivity index (χ3v) is 2.72. The third kappa shape index (κ3) is 4.89. The standard InChI is InChI=1S/C14H21N3O3/c1-17(2)14(19)16-9-8-15-10-11-6-4-5-7-12(11)13(18)20-3/h4-7,15H,8-10H2,1-3H3,(H,16,19). The van der Waals surface area contributed by atoms with E-state index in [9.17, 15) is 9.59 Å². The van der Waals surface area contributed by atoms with Crippen LogP contribution in [0.2, 0.25) is 0 Å². The van der Waals surface area contributed by atoms with E-state index >= 15 is 0 Å². The van der Waals surface area contributed by atoms with Crippen molar-refractivity contribution in [3.63, 3.8) is 0 Å². The molecule has 1 rings (SSSR count). The van der Waals surface area contributed by atoms with Crippen molar-refractivity contribution in [1.29, 1.82) is 0 Å². The van der Waals surface area contributed by atoms with Crippen molar-refractivity contribution in [3.8, 4) is 0 Å². The first-order chi connectivity index (χ1) is 9.56. The molecule has 2 amide bonds. The number of methoxy groups -OCH3 is 1. The van der Waals surface area contributed by atoms with Crippen LogP contribution in [0.5, 0.6) is 0 Å². The summed E-state index contributed by atoms with van der Waals surface area (Å²) in [4.78, 5) is 24.3. The zero-order valence-electron chi connectivity index (χ0n) is 12.1. The first-order valence-electron chi connectivity index (χ1n) is 6.38. The number of nitrogens with zero attached hydrogens (tertiary/aromatic N) is 1. The summed E-state index contributed by atoms with van der Waals surface area (Å²) in [6.07, 6.45) is 0. The van der Waals surface area contributed by atoms with Gasteiger partial charge in [0, 0.05) is 33.7 Å². The van der Waals surface area contributed by atoms with Gasteiger partial charge in [-0.3, -0.25) is 0 Å². The van der Waals surface area contributed by atoms with Gasteiger partial charge in [-0.25, -0.2) is 9.59 Å². The van der Waals surface area contributed by atoms with E-state index in [1.807, 2.05) is 12.1 Å². The molecule has 0 aliphatic heterocycles. The van der Waals surface area contributed by atoms with Gasteiger partial charge in [0.1, 0.15) is 0 Å². The number of nitrogens with one attached hydrogen (secondary N) is 2. The number of ether oxygens (including phenoxy) is 1. The van der Waals surface area contributed by atoms with E-state index in [0.29, 0.717) is 25.2 Å². The molecule has 20 heavy (non-hydrogen) atoms. The van der Waals surface area contributed by atoms with Gasteiger partial charge < -0.3 is 20.3 Å². The van der Waals surface area contributed by atoms with Crippen LogP contribution in [0.1, 0.15) is 15.9 Å². The average Bonchev–Trinajstić information content (AvgIpc) is 2.46. The zero-order valence-corrected chi connectivity index (χ0v) is 12.1. The normalized spacial score (nSPS) is 9.95. The predicted molar refractivity (Wildman–Crippen MR) is 76.6 cm³/mol. The monoisotopic (exact) mass is 279 g/mol. The van der Waals surface area contributed by atoms with E-state index in [-0.39, 0.29) is 12.0 Å². The van der Waals surface area contributed by atoms with E-state index in [4.69, 9.17) is 4.74 Å². The van der Waals surface area contributed by atoms with Crippen LogP contribution in [-0.4, -0.2) is 51.2 Å². The van der Waals surface area contributed by atoms with Crippen molar-refractivity contribution in [1.82, 2.24) is 15.5 Å². The number of carbonyl (C=O) groups excluding carboxylic acids is 2. The fourth-order valence-electron chi connectivity index (χ4n) is 1.62. The highest BCUT2D eigenvalue weighted by atomic mass is 16.5. The zero-order chi connectivity index (χ0) is 15.0. The van der Waals surface area contributed by atoms with Crippen molar-refractivity contribution in [2.45, 2.75) is 6.54 Å². The predicted octanol–water partition coefficient (Wildman–Crippen LogP) is 0.834. The second kappa shape index (κ2) is 8.16. The summed E-state index contributed by atoms with van der Waals surface area (Å²) in [7, 11) is 4.74. The lowest BCUT2D eigenvalue weighted by atomic mass is 10.1. The summed E-state index contributed by atoms with van der Waals surface area (Å²) >= 11 is 0. The van der Waals surface area contributed by atoms with Gasteiger partial charge >= 0.3 is 12.0 Å². The van der Waals surface area contributed by atoms with Crippen LogP contribution in [0, 0.1) is 0 Å². The molecule has 0 atom stereocenters. The first kappa shape index (κ1) is 16.0. The maximum absolute atomic E-state index is 11.6. The number of rotatable bonds is 6. The minimum absolute atomic E-state index is 0.123. The lowest BCUT2D eigenvalue weighted by molar-refractivity contribution is 0.0599. The Kier molecular flexibility index (Phi) is 6.52. The van der Waals surface area contributed by atoms with Crippen LogP contribution in [0.4, 0.5) is 4.79 Å². The number of urea groups is 1. The van der Waals surface area contributed by atoms with Crippen molar-refractivity contribution in [2.24, 2.45) is 0 Å². The Balaban J connectivity index is 2.39. The molecule has 2 N–H and O–H groups in total. The fourth-order valence-corrected chi connectivity index (χ4v) is 1.62. The van der Waals surface area contributed by atoms with Gasteiger partial charge in [0.2, 0.25) is 0 Å². The van der Waals surface area contributed by atoms with Gasteiger partial charge in [0.05, 0.1) is 12.7 Å². The molecule has 0 spiro atoms. The van der Waals surface area contributed by atoms with Gasteiger partial charge in [-0.15, -0.1) is 0 Å². The minimum atomic E-state index is -0.344. The van der Waals surface area contributed by atoms with Gasteiger partial charge in [0.15, 0.2) is 0 Å². The summed E-state index contributed by atoms with van der Waals surface area (Å²) in [5.74, 6) is -0.344. The summed E-state index contributed by atoms with van der Waals surface area (Å²) in [6, 6.07) is 7.15.